The van der Waals surface area contributed by atoms with Crippen LogP contribution in [0.25, 0.3) is 0 Å². The van der Waals surface area contributed by atoms with Crippen molar-refractivity contribution in [3.63, 3.8) is 0 Å². The van der Waals surface area contributed by atoms with Gasteiger partial charge in [0, 0.05) is 24.3 Å². The Labute approximate surface area is 126 Å². The average molecular weight is 282 g/mol. The maximum absolute atomic E-state index is 11.8. The van der Waals surface area contributed by atoms with Gasteiger partial charge < -0.3 is 10.6 Å². The van der Waals surface area contributed by atoms with E-state index >= 15 is 0 Å². The fourth-order valence-corrected chi connectivity index (χ4v) is 2.26. The lowest BCUT2D eigenvalue weighted by Crippen LogP contribution is -2.22. The molecule has 3 heteroatoms. The number of carbonyl (C=O) groups excluding carboxylic acids is 1. The summed E-state index contributed by atoms with van der Waals surface area (Å²) >= 11 is 0. The molecule has 0 atom stereocenters. The number of aryl methyl sites for hydroxylation is 2. The molecule has 0 aliphatic rings. The number of carbonyl (C=O) groups is 1. The molecule has 21 heavy (non-hydrogen) atoms. The van der Waals surface area contributed by atoms with Crippen LogP contribution in [0.4, 0.5) is 5.69 Å². The zero-order valence-corrected chi connectivity index (χ0v) is 12.9. The van der Waals surface area contributed by atoms with Gasteiger partial charge in [-0.1, -0.05) is 24.3 Å². The van der Waals surface area contributed by atoms with Gasteiger partial charge in [0.05, 0.1) is 0 Å². The van der Waals surface area contributed by atoms with Gasteiger partial charge in [-0.3, -0.25) is 4.79 Å². The first-order valence-corrected chi connectivity index (χ1v) is 7.29. The molecule has 3 nitrogen and oxygen atoms in total. The molecule has 0 aliphatic carbocycles. The van der Waals surface area contributed by atoms with Gasteiger partial charge in [-0.05, 0) is 55.7 Å². The maximum atomic E-state index is 11.8. The topological polar surface area (TPSA) is 41.1 Å². The summed E-state index contributed by atoms with van der Waals surface area (Å²) < 4.78 is 0. The van der Waals surface area contributed by atoms with Crippen LogP contribution >= 0.6 is 0 Å². The van der Waals surface area contributed by atoms with Crippen LogP contribution in [0.15, 0.2) is 42.5 Å². The molecule has 0 aromatic heterocycles. The Hall–Kier alpha value is -2.29. The first kappa shape index (κ1) is 15.1. The van der Waals surface area contributed by atoms with E-state index < -0.39 is 0 Å². The SMILES string of the molecule is CCNC(=O)c1ccc(NCc2ccccc2C)c(C)c1. The summed E-state index contributed by atoms with van der Waals surface area (Å²) in [4.78, 5) is 11.8. The Morgan fingerprint density at radius 1 is 1.05 bits per heavy atom. The highest BCUT2D eigenvalue weighted by molar-refractivity contribution is 5.94. The zero-order valence-electron chi connectivity index (χ0n) is 12.9. The highest BCUT2D eigenvalue weighted by Crippen LogP contribution is 2.18. The van der Waals surface area contributed by atoms with Crippen LogP contribution in [-0.4, -0.2) is 12.5 Å². The number of hydrogen-bond acceptors (Lipinski definition) is 2. The predicted octanol–water partition coefficient (Wildman–Crippen LogP) is 3.67. The van der Waals surface area contributed by atoms with Gasteiger partial charge in [0.2, 0.25) is 0 Å². The van der Waals surface area contributed by atoms with Crippen molar-refractivity contribution in [2.45, 2.75) is 27.3 Å². The minimum atomic E-state index is -0.0222. The molecular formula is C18H22N2O. The largest absolute Gasteiger partial charge is 0.381 e. The molecule has 0 saturated carbocycles. The highest BCUT2D eigenvalue weighted by Gasteiger charge is 2.06. The Kier molecular flexibility index (Phi) is 4.99. The van der Waals surface area contributed by atoms with Gasteiger partial charge in [-0.25, -0.2) is 0 Å². The molecule has 2 aromatic rings. The van der Waals surface area contributed by atoms with Crippen molar-refractivity contribution in [2.75, 3.05) is 11.9 Å². The first-order chi connectivity index (χ1) is 10.1. The molecule has 0 heterocycles. The Balaban J connectivity index is 2.08. The Morgan fingerprint density at radius 3 is 2.48 bits per heavy atom. The van der Waals surface area contributed by atoms with Gasteiger partial charge in [0.15, 0.2) is 0 Å². The third-order valence-corrected chi connectivity index (χ3v) is 3.56. The summed E-state index contributed by atoms with van der Waals surface area (Å²) in [5, 5.41) is 6.25. The highest BCUT2D eigenvalue weighted by atomic mass is 16.1. The summed E-state index contributed by atoms with van der Waals surface area (Å²) in [6.07, 6.45) is 0. The third kappa shape index (κ3) is 3.85. The Morgan fingerprint density at radius 2 is 1.81 bits per heavy atom. The number of benzene rings is 2. The molecule has 2 aromatic carbocycles. The van der Waals surface area contributed by atoms with E-state index in [0.717, 1.165) is 17.8 Å². The van der Waals surface area contributed by atoms with Crippen LogP contribution in [0.3, 0.4) is 0 Å². The van der Waals surface area contributed by atoms with Crippen molar-refractivity contribution in [2.24, 2.45) is 0 Å². The number of anilines is 1. The quantitative estimate of drug-likeness (QED) is 0.878. The van der Waals surface area contributed by atoms with E-state index in [1.54, 1.807) is 0 Å². The fraction of sp³-hybridized carbons (Fsp3) is 0.278. The summed E-state index contributed by atoms with van der Waals surface area (Å²) in [6, 6.07) is 14.1. The summed E-state index contributed by atoms with van der Waals surface area (Å²) in [5.41, 5.74) is 5.40. The molecular weight excluding hydrogens is 260 g/mol. The van der Waals surface area contributed by atoms with E-state index in [1.807, 2.05) is 38.1 Å². The lowest BCUT2D eigenvalue weighted by molar-refractivity contribution is 0.0956. The second kappa shape index (κ2) is 6.93. The van der Waals surface area contributed by atoms with Crippen LogP contribution in [0.2, 0.25) is 0 Å². The average Bonchev–Trinajstić information content (AvgIpc) is 2.47. The third-order valence-electron chi connectivity index (χ3n) is 3.56. The van der Waals surface area contributed by atoms with Crippen LogP contribution in [0.1, 0.15) is 34.0 Å². The van der Waals surface area contributed by atoms with Crippen molar-refractivity contribution in [1.82, 2.24) is 5.32 Å². The van der Waals surface area contributed by atoms with Crippen molar-refractivity contribution in [3.8, 4) is 0 Å². The molecule has 0 saturated heterocycles. The zero-order chi connectivity index (χ0) is 15.2. The lowest BCUT2D eigenvalue weighted by Gasteiger charge is -2.12. The van der Waals surface area contributed by atoms with Crippen molar-refractivity contribution in [1.29, 1.82) is 0 Å². The summed E-state index contributed by atoms with van der Waals surface area (Å²) in [6.45, 7) is 7.48. The second-order valence-corrected chi connectivity index (χ2v) is 5.17. The van der Waals surface area contributed by atoms with E-state index in [-0.39, 0.29) is 5.91 Å². The second-order valence-electron chi connectivity index (χ2n) is 5.17. The monoisotopic (exact) mass is 282 g/mol. The van der Waals surface area contributed by atoms with Crippen LogP contribution < -0.4 is 10.6 Å². The normalized spacial score (nSPS) is 10.2. The lowest BCUT2D eigenvalue weighted by atomic mass is 10.1. The van der Waals surface area contributed by atoms with Crippen molar-refractivity contribution < 1.29 is 4.79 Å². The molecule has 0 radical (unpaired) electrons. The summed E-state index contributed by atoms with van der Waals surface area (Å²) in [7, 11) is 0. The van der Waals surface area contributed by atoms with Gasteiger partial charge in [0.25, 0.3) is 5.91 Å². The van der Waals surface area contributed by atoms with Gasteiger partial charge in [-0.15, -0.1) is 0 Å². The number of amides is 1. The number of hydrogen-bond donors (Lipinski definition) is 2. The van der Waals surface area contributed by atoms with E-state index in [0.29, 0.717) is 12.1 Å². The van der Waals surface area contributed by atoms with E-state index in [2.05, 4.69) is 35.8 Å². The number of nitrogens with one attached hydrogen (secondary N) is 2. The van der Waals surface area contributed by atoms with E-state index in [1.165, 1.54) is 11.1 Å². The van der Waals surface area contributed by atoms with Crippen molar-refractivity contribution in [3.05, 3.63) is 64.7 Å². The van der Waals surface area contributed by atoms with E-state index in [4.69, 9.17) is 0 Å². The first-order valence-electron chi connectivity index (χ1n) is 7.29. The van der Waals surface area contributed by atoms with Crippen LogP contribution in [-0.2, 0) is 6.54 Å². The smallest absolute Gasteiger partial charge is 0.251 e. The molecule has 110 valence electrons. The van der Waals surface area contributed by atoms with E-state index in [9.17, 15) is 4.79 Å². The Bertz CT molecular complexity index is 635. The minimum Gasteiger partial charge on any atom is -0.381 e. The maximum Gasteiger partial charge on any atom is 0.251 e. The molecule has 0 fully saturated rings. The van der Waals surface area contributed by atoms with Gasteiger partial charge >= 0.3 is 0 Å². The van der Waals surface area contributed by atoms with Crippen LogP contribution in [0.5, 0.6) is 0 Å². The van der Waals surface area contributed by atoms with Gasteiger partial charge in [0.1, 0.15) is 0 Å². The van der Waals surface area contributed by atoms with Gasteiger partial charge in [-0.2, -0.15) is 0 Å². The molecule has 2 N–H and O–H groups in total. The standard InChI is InChI=1S/C18H22N2O/c1-4-19-18(21)15-9-10-17(14(3)11-15)20-12-16-8-6-5-7-13(16)2/h5-11,20H,4,12H2,1-3H3,(H,19,21). The fourth-order valence-electron chi connectivity index (χ4n) is 2.26. The van der Waals surface area contributed by atoms with Crippen LogP contribution in [0, 0.1) is 13.8 Å². The molecule has 0 bridgehead atoms. The molecule has 0 aliphatic heterocycles. The molecule has 0 spiro atoms. The minimum absolute atomic E-state index is 0.0222. The summed E-state index contributed by atoms with van der Waals surface area (Å²) in [5.74, 6) is -0.0222. The van der Waals surface area contributed by atoms with Crippen molar-refractivity contribution >= 4 is 11.6 Å². The molecule has 0 unspecified atom stereocenters. The predicted molar refractivity (Wildman–Crippen MR) is 87.7 cm³/mol. The molecule has 2 rings (SSSR count). The molecule has 1 amide bonds. The number of rotatable bonds is 5.